The van der Waals surface area contributed by atoms with Gasteiger partial charge in [0.15, 0.2) is 0 Å². The number of imidazole rings is 1. The number of nitrogens with one attached hydrogen (secondary N) is 1. The van der Waals surface area contributed by atoms with E-state index in [-0.39, 0.29) is 17.9 Å². The Kier molecular flexibility index (Phi) is 5.27. The van der Waals surface area contributed by atoms with Crippen LogP contribution in [0.2, 0.25) is 0 Å². The number of carbonyl (C=O) groups excluding carboxylic acids is 2. The van der Waals surface area contributed by atoms with Crippen molar-refractivity contribution in [3.63, 3.8) is 0 Å². The lowest BCUT2D eigenvalue weighted by atomic mass is 10.1. The molecule has 1 fully saturated rings. The second-order valence-electron chi connectivity index (χ2n) is 7.26. The molecule has 1 aliphatic rings. The summed E-state index contributed by atoms with van der Waals surface area (Å²) in [5, 5.41) is 0. The molecule has 2 aromatic rings. The van der Waals surface area contributed by atoms with Crippen LogP contribution in [-0.4, -0.2) is 63.3 Å². The zero-order valence-corrected chi connectivity index (χ0v) is 15.7. The molecule has 1 atom stereocenters. The fourth-order valence-electron chi connectivity index (χ4n) is 3.64. The number of fused-ring (bicyclic) bond motifs is 1. The lowest BCUT2D eigenvalue weighted by Gasteiger charge is -2.42. The lowest BCUT2D eigenvalue weighted by Crippen LogP contribution is -2.61. The van der Waals surface area contributed by atoms with Crippen LogP contribution in [0.25, 0.3) is 11.0 Å². The molecule has 1 saturated heterocycles. The summed E-state index contributed by atoms with van der Waals surface area (Å²) in [6.07, 6.45) is 1.09. The van der Waals surface area contributed by atoms with Crippen LogP contribution in [0.1, 0.15) is 31.7 Å². The van der Waals surface area contributed by atoms with Crippen LogP contribution in [0.3, 0.4) is 0 Å². The number of aromatic nitrogens is 2. The van der Waals surface area contributed by atoms with E-state index in [2.05, 4.69) is 14.9 Å². The van der Waals surface area contributed by atoms with E-state index in [0.29, 0.717) is 32.5 Å². The third-order valence-corrected chi connectivity index (χ3v) is 5.06. The van der Waals surface area contributed by atoms with Gasteiger partial charge < -0.3 is 15.6 Å². The second kappa shape index (κ2) is 7.45. The van der Waals surface area contributed by atoms with Crippen molar-refractivity contribution in [2.45, 2.75) is 45.7 Å². The van der Waals surface area contributed by atoms with Crippen molar-refractivity contribution in [3.8, 4) is 0 Å². The highest BCUT2D eigenvalue weighted by molar-refractivity contribution is 5.83. The fourth-order valence-corrected chi connectivity index (χ4v) is 3.64. The van der Waals surface area contributed by atoms with Crippen molar-refractivity contribution in [2.24, 2.45) is 5.73 Å². The minimum Gasteiger partial charge on any atom is -0.368 e. The van der Waals surface area contributed by atoms with Gasteiger partial charge in [-0.25, -0.2) is 4.98 Å². The number of carbonyl (C=O) groups is 2. The quantitative estimate of drug-likeness (QED) is 0.841. The van der Waals surface area contributed by atoms with Gasteiger partial charge >= 0.3 is 0 Å². The number of hydrogen-bond donors (Lipinski definition) is 2. The van der Waals surface area contributed by atoms with E-state index < -0.39 is 6.04 Å². The van der Waals surface area contributed by atoms with Crippen LogP contribution < -0.4 is 5.73 Å². The molecule has 0 bridgehead atoms. The Morgan fingerprint density at radius 2 is 2.12 bits per heavy atom. The monoisotopic (exact) mass is 357 g/mol. The van der Waals surface area contributed by atoms with Gasteiger partial charge in [0.1, 0.15) is 11.9 Å². The first-order chi connectivity index (χ1) is 12.3. The number of piperazine rings is 1. The number of amides is 2. The smallest absolute Gasteiger partial charge is 0.236 e. The number of aromatic amines is 1. The maximum absolute atomic E-state index is 12.6. The molecule has 1 unspecified atom stereocenters. The predicted octanol–water partition coefficient (Wildman–Crippen LogP) is 1.21. The molecule has 26 heavy (non-hydrogen) atoms. The molecular weight excluding hydrogens is 330 g/mol. The van der Waals surface area contributed by atoms with E-state index in [1.165, 1.54) is 0 Å². The highest BCUT2D eigenvalue weighted by Gasteiger charge is 2.34. The van der Waals surface area contributed by atoms with Crippen molar-refractivity contribution in [2.75, 3.05) is 19.6 Å². The summed E-state index contributed by atoms with van der Waals surface area (Å²) in [6.45, 7) is 7.71. The Balaban J connectivity index is 1.61. The zero-order chi connectivity index (χ0) is 18.8. The van der Waals surface area contributed by atoms with Crippen molar-refractivity contribution in [1.29, 1.82) is 0 Å². The van der Waals surface area contributed by atoms with Crippen molar-refractivity contribution < 1.29 is 9.59 Å². The minimum absolute atomic E-state index is 0.0699. The number of nitrogens with two attached hydrogens (primary N) is 1. The Labute approximate surface area is 153 Å². The Morgan fingerprint density at radius 1 is 1.35 bits per heavy atom. The number of aryl methyl sites for hydroxylation is 2. The summed E-state index contributed by atoms with van der Waals surface area (Å²) in [6, 6.07) is 5.86. The summed E-state index contributed by atoms with van der Waals surface area (Å²) in [4.78, 5) is 35.8. The summed E-state index contributed by atoms with van der Waals surface area (Å²) in [5.74, 6) is 0.588. The zero-order valence-electron chi connectivity index (χ0n) is 15.7. The SMILES string of the molecule is Cc1nc2ccc(CCC(=O)N3CCN(C(C)C)C(C(N)=O)C3)cc2[nH]1. The van der Waals surface area contributed by atoms with Crippen LogP contribution >= 0.6 is 0 Å². The third-order valence-electron chi connectivity index (χ3n) is 5.06. The molecule has 3 N–H and O–H groups in total. The Hall–Kier alpha value is -2.41. The molecule has 7 nitrogen and oxygen atoms in total. The molecule has 2 heterocycles. The Bertz CT molecular complexity index is 813. The van der Waals surface area contributed by atoms with Crippen molar-refractivity contribution in [3.05, 3.63) is 29.6 Å². The van der Waals surface area contributed by atoms with Gasteiger partial charge in [0.25, 0.3) is 0 Å². The first kappa shape index (κ1) is 18.4. The molecule has 2 amide bonds. The molecule has 140 valence electrons. The maximum Gasteiger partial charge on any atom is 0.236 e. The number of rotatable bonds is 5. The number of nitrogens with zero attached hydrogens (tertiary/aromatic N) is 3. The van der Waals surface area contributed by atoms with E-state index in [1.54, 1.807) is 4.90 Å². The highest BCUT2D eigenvalue weighted by Crippen LogP contribution is 2.17. The highest BCUT2D eigenvalue weighted by atomic mass is 16.2. The minimum atomic E-state index is -0.406. The first-order valence-corrected chi connectivity index (χ1v) is 9.13. The van der Waals surface area contributed by atoms with Crippen LogP contribution in [0, 0.1) is 6.92 Å². The van der Waals surface area contributed by atoms with Gasteiger partial charge in [-0.1, -0.05) is 6.07 Å². The predicted molar refractivity (Wildman–Crippen MR) is 101 cm³/mol. The van der Waals surface area contributed by atoms with Gasteiger partial charge in [-0.2, -0.15) is 0 Å². The lowest BCUT2D eigenvalue weighted by molar-refractivity contribution is -0.138. The summed E-state index contributed by atoms with van der Waals surface area (Å²) in [7, 11) is 0. The molecule has 1 aromatic heterocycles. The topological polar surface area (TPSA) is 95.3 Å². The van der Waals surface area contributed by atoms with Gasteiger partial charge in [0.2, 0.25) is 11.8 Å². The molecule has 0 radical (unpaired) electrons. The van der Waals surface area contributed by atoms with Crippen LogP contribution in [-0.2, 0) is 16.0 Å². The van der Waals surface area contributed by atoms with E-state index in [1.807, 2.05) is 39.0 Å². The molecular formula is C19H27N5O2. The van der Waals surface area contributed by atoms with Gasteiger partial charge in [-0.3, -0.25) is 14.5 Å². The average molecular weight is 357 g/mol. The van der Waals surface area contributed by atoms with Gasteiger partial charge in [-0.05, 0) is 44.9 Å². The summed E-state index contributed by atoms with van der Waals surface area (Å²) < 4.78 is 0. The van der Waals surface area contributed by atoms with E-state index in [9.17, 15) is 9.59 Å². The fraction of sp³-hybridized carbons (Fsp3) is 0.526. The first-order valence-electron chi connectivity index (χ1n) is 9.13. The van der Waals surface area contributed by atoms with Gasteiger partial charge in [-0.15, -0.1) is 0 Å². The standard InChI is InChI=1S/C19H27N5O2/c1-12(2)24-9-8-23(11-17(24)19(20)26)18(25)7-5-14-4-6-15-16(10-14)22-13(3)21-15/h4,6,10,12,17H,5,7-9,11H2,1-3H3,(H2,20,26)(H,21,22). The van der Waals surface area contributed by atoms with Crippen LogP contribution in [0.5, 0.6) is 0 Å². The van der Waals surface area contributed by atoms with E-state index >= 15 is 0 Å². The van der Waals surface area contributed by atoms with Crippen LogP contribution in [0.15, 0.2) is 18.2 Å². The van der Waals surface area contributed by atoms with Gasteiger partial charge in [0, 0.05) is 32.1 Å². The molecule has 1 aliphatic heterocycles. The van der Waals surface area contributed by atoms with E-state index in [0.717, 1.165) is 22.4 Å². The normalized spacial score (nSPS) is 18.6. The van der Waals surface area contributed by atoms with E-state index in [4.69, 9.17) is 5.73 Å². The number of hydrogen-bond acceptors (Lipinski definition) is 4. The number of primary amides is 1. The molecule has 1 aromatic carbocycles. The third kappa shape index (κ3) is 3.88. The molecule has 0 spiro atoms. The molecule has 7 heteroatoms. The summed E-state index contributed by atoms with van der Waals surface area (Å²) in [5.41, 5.74) is 8.58. The Morgan fingerprint density at radius 3 is 2.81 bits per heavy atom. The second-order valence-corrected chi connectivity index (χ2v) is 7.26. The average Bonchev–Trinajstić information content (AvgIpc) is 2.98. The number of H-pyrrole nitrogens is 1. The van der Waals surface area contributed by atoms with Crippen LogP contribution in [0.4, 0.5) is 0 Å². The largest absolute Gasteiger partial charge is 0.368 e. The molecule has 0 aliphatic carbocycles. The van der Waals surface area contributed by atoms with Crippen molar-refractivity contribution >= 4 is 22.8 Å². The maximum atomic E-state index is 12.6. The van der Waals surface area contributed by atoms with Gasteiger partial charge in [0.05, 0.1) is 11.0 Å². The number of benzene rings is 1. The summed E-state index contributed by atoms with van der Waals surface area (Å²) >= 11 is 0. The van der Waals surface area contributed by atoms with Crippen molar-refractivity contribution in [1.82, 2.24) is 19.8 Å². The molecule has 3 rings (SSSR count). The molecule has 0 saturated carbocycles.